The number of rotatable bonds is 4. The highest BCUT2D eigenvalue weighted by molar-refractivity contribution is 9.10. The number of furan rings is 1. The fraction of sp³-hybridized carbons (Fsp3) is 0.0435. The number of aryl methyl sites for hydroxylation is 1. The lowest BCUT2D eigenvalue weighted by Crippen LogP contribution is -2.54. The highest BCUT2D eigenvalue weighted by Gasteiger charge is 2.37. The van der Waals surface area contributed by atoms with Crippen molar-refractivity contribution in [2.75, 3.05) is 4.90 Å². The molecule has 1 saturated heterocycles. The molecule has 0 unspecified atom stereocenters. The third-order valence-electron chi connectivity index (χ3n) is 4.90. The SMILES string of the molecule is Cc1cc(Br)ccc1N1C(=O)NC(=O)/C(=C\c2ccc(-c3ccc(C(=O)O)c(Cl)c3)o2)C1=O. The zero-order valence-electron chi connectivity index (χ0n) is 16.9. The summed E-state index contributed by atoms with van der Waals surface area (Å²) in [6.45, 7) is 1.74. The molecule has 4 rings (SSSR count). The molecule has 1 aliphatic heterocycles. The van der Waals surface area contributed by atoms with E-state index >= 15 is 0 Å². The number of carbonyl (C=O) groups is 4. The molecule has 0 spiro atoms. The van der Waals surface area contributed by atoms with Crippen LogP contribution in [0.1, 0.15) is 21.7 Å². The van der Waals surface area contributed by atoms with E-state index in [9.17, 15) is 19.2 Å². The molecule has 2 heterocycles. The molecule has 0 bridgehead atoms. The van der Waals surface area contributed by atoms with Crippen molar-refractivity contribution >= 4 is 63.1 Å². The second-order valence-corrected chi connectivity index (χ2v) is 8.41. The number of urea groups is 1. The Bertz CT molecular complexity index is 1380. The minimum atomic E-state index is -1.15. The second kappa shape index (κ2) is 8.68. The first-order chi connectivity index (χ1) is 15.7. The Kier molecular flexibility index (Phi) is 5.92. The maximum absolute atomic E-state index is 13.1. The second-order valence-electron chi connectivity index (χ2n) is 7.09. The van der Waals surface area contributed by atoms with Gasteiger partial charge >= 0.3 is 12.0 Å². The molecule has 4 amide bonds. The van der Waals surface area contributed by atoms with Crippen LogP contribution in [0.5, 0.6) is 0 Å². The number of nitrogens with one attached hydrogen (secondary N) is 1. The van der Waals surface area contributed by atoms with Gasteiger partial charge in [0, 0.05) is 10.0 Å². The van der Waals surface area contributed by atoms with Gasteiger partial charge in [-0.1, -0.05) is 33.6 Å². The van der Waals surface area contributed by atoms with E-state index in [-0.39, 0.29) is 21.9 Å². The minimum absolute atomic E-state index is 0.0390. The summed E-state index contributed by atoms with van der Waals surface area (Å²) in [4.78, 5) is 49.9. The molecule has 2 N–H and O–H groups in total. The normalized spacial score (nSPS) is 15.2. The zero-order chi connectivity index (χ0) is 23.9. The monoisotopic (exact) mass is 528 g/mol. The van der Waals surface area contributed by atoms with Crippen LogP contribution in [0.2, 0.25) is 5.02 Å². The topological polar surface area (TPSA) is 117 Å². The molecule has 0 radical (unpaired) electrons. The highest BCUT2D eigenvalue weighted by Crippen LogP contribution is 2.30. The summed E-state index contributed by atoms with van der Waals surface area (Å²) < 4.78 is 6.49. The summed E-state index contributed by atoms with van der Waals surface area (Å²) in [5, 5.41) is 11.3. The molecule has 2 aromatic carbocycles. The number of hydrogen-bond acceptors (Lipinski definition) is 5. The Hall–Kier alpha value is -3.69. The van der Waals surface area contributed by atoms with Crippen LogP contribution in [0, 0.1) is 6.92 Å². The van der Waals surface area contributed by atoms with Gasteiger partial charge < -0.3 is 9.52 Å². The van der Waals surface area contributed by atoms with Crippen LogP contribution in [0.4, 0.5) is 10.5 Å². The van der Waals surface area contributed by atoms with Crippen LogP contribution < -0.4 is 10.2 Å². The van der Waals surface area contributed by atoms with E-state index in [2.05, 4.69) is 21.2 Å². The number of nitrogens with zero attached hydrogens (tertiary/aromatic N) is 1. The van der Waals surface area contributed by atoms with Crippen molar-refractivity contribution in [2.24, 2.45) is 0 Å². The van der Waals surface area contributed by atoms with Crippen molar-refractivity contribution in [3.8, 4) is 11.3 Å². The number of carbonyl (C=O) groups excluding carboxylic acids is 3. The number of barbiturate groups is 1. The van der Waals surface area contributed by atoms with E-state index in [0.717, 1.165) is 9.37 Å². The molecule has 3 aromatic rings. The Morgan fingerprint density at radius 3 is 2.55 bits per heavy atom. The standard InChI is InChI=1S/C23H14BrClN2O6/c1-11-8-13(24)3-6-18(11)27-21(29)16(20(28)26-23(27)32)10-14-4-7-19(33-14)12-2-5-15(22(30)31)17(25)9-12/h2-10H,1H3,(H,30,31)(H,26,28,32)/b16-10+. The van der Waals surface area contributed by atoms with E-state index < -0.39 is 23.8 Å². The number of aromatic carboxylic acids is 1. The lowest BCUT2D eigenvalue weighted by atomic mass is 10.1. The highest BCUT2D eigenvalue weighted by atomic mass is 79.9. The van der Waals surface area contributed by atoms with Gasteiger partial charge in [-0.05, 0) is 61.0 Å². The molecule has 0 aliphatic carbocycles. The summed E-state index contributed by atoms with van der Waals surface area (Å²) in [7, 11) is 0. The van der Waals surface area contributed by atoms with Gasteiger partial charge in [0.15, 0.2) is 0 Å². The molecule has 33 heavy (non-hydrogen) atoms. The van der Waals surface area contributed by atoms with Gasteiger partial charge in [0.25, 0.3) is 11.8 Å². The van der Waals surface area contributed by atoms with Crippen molar-refractivity contribution in [3.63, 3.8) is 0 Å². The van der Waals surface area contributed by atoms with Crippen LogP contribution >= 0.6 is 27.5 Å². The van der Waals surface area contributed by atoms with Crippen LogP contribution in [0.25, 0.3) is 17.4 Å². The quantitative estimate of drug-likeness (QED) is 0.361. The molecule has 1 fully saturated rings. The number of amides is 4. The summed E-state index contributed by atoms with van der Waals surface area (Å²) in [5.41, 5.74) is 1.18. The molecule has 10 heteroatoms. The summed E-state index contributed by atoms with van der Waals surface area (Å²) >= 11 is 9.35. The molecule has 166 valence electrons. The maximum atomic E-state index is 13.1. The predicted molar refractivity (Wildman–Crippen MR) is 124 cm³/mol. The molecule has 1 aliphatic rings. The summed E-state index contributed by atoms with van der Waals surface area (Å²) in [5.74, 6) is -2.26. The lowest BCUT2D eigenvalue weighted by Gasteiger charge is -2.27. The van der Waals surface area contributed by atoms with Gasteiger partial charge in [0.2, 0.25) is 0 Å². The molecule has 8 nitrogen and oxygen atoms in total. The van der Waals surface area contributed by atoms with Crippen LogP contribution in [-0.4, -0.2) is 28.9 Å². The first-order valence-corrected chi connectivity index (χ1v) is 10.6. The number of benzene rings is 2. The zero-order valence-corrected chi connectivity index (χ0v) is 19.2. The Labute approximate surface area is 200 Å². The van der Waals surface area contributed by atoms with E-state index in [4.69, 9.17) is 21.1 Å². The fourth-order valence-corrected chi connectivity index (χ4v) is 4.05. The molecule has 1 aromatic heterocycles. The van der Waals surface area contributed by atoms with Crippen LogP contribution in [0.3, 0.4) is 0 Å². The number of carboxylic acids is 1. The molecule has 0 atom stereocenters. The van der Waals surface area contributed by atoms with Crippen molar-refractivity contribution in [2.45, 2.75) is 6.92 Å². The number of halogens is 2. The third kappa shape index (κ3) is 4.33. The van der Waals surface area contributed by atoms with Crippen molar-refractivity contribution in [1.82, 2.24) is 5.32 Å². The molecule has 0 saturated carbocycles. The molecular weight excluding hydrogens is 516 g/mol. The predicted octanol–water partition coefficient (Wildman–Crippen LogP) is 5.04. The largest absolute Gasteiger partial charge is 0.478 e. The first kappa shape index (κ1) is 22.5. The summed E-state index contributed by atoms with van der Waals surface area (Å²) in [6, 6.07) is 11.6. The van der Waals surface area contributed by atoms with E-state index in [1.807, 2.05) is 0 Å². The number of anilines is 1. The van der Waals surface area contributed by atoms with Gasteiger partial charge in [-0.3, -0.25) is 14.9 Å². The Morgan fingerprint density at radius 1 is 1.12 bits per heavy atom. The van der Waals surface area contributed by atoms with Crippen molar-refractivity contribution in [1.29, 1.82) is 0 Å². The van der Waals surface area contributed by atoms with Gasteiger partial charge in [-0.2, -0.15) is 0 Å². The Balaban J connectivity index is 1.67. The van der Waals surface area contributed by atoms with E-state index in [1.54, 1.807) is 31.2 Å². The number of imide groups is 2. The molecular formula is C23H14BrClN2O6. The van der Waals surface area contributed by atoms with Gasteiger partial charge in [-0.25, -0.2) is 14.5 Å². The van der Waals surface area contributed by atoms with Gasteiger partial charge in [-0.15, -0.1) is 0 Å². The van der Waals surface area contributed by atoms with Crippen LogP contribution in [-0.2, 0) is 9.59 Å². The average Bonchev–Trinajstić information content (AvgIpc) is 3.21. The van der Waals surface area contributed by atoms with Gasteiger partial charge in [0.05, 0.1) is 16.3 Å². The fourth-order valence-electron chi connectivity index (χ4n) is 3.32. The van der Waals surface area contributed by atoms with Crippen molar-refractivity contribution < 1.29 is 28.7 Å². The minimum Gasteiger partial charge on any atom is -0.478 e. The lowest BCUT2D eigenvalue weighted by molar-refractivity contribution is -0.122. The van der Waals surface area contributed by atoms with Crippen molar-refractivity contribution in [3.05, 3.63) is 80.5 Å². The first-order valence-electron chi connectivity index (χ1n) is 9.46. The summed E-state index contributed by atoms with van der Waals surface area (Å²) in [6.07, 6.45) is 1.24. The smallest absolute Gasteiger partial charge is 0.337 e. The van der Waals surface area contributed by atoms with E-state index in [1.165, 1.54) is 30.3 Å². The number of carboxylic acid groups (broad SMARTS) is 1. The van der Waals surface area contributed by atoms with Crippen LogP contribution in [0.15, 0.2) is 63.0 Å². The Morgan fingerprint density at radius 2 is 1.88 bits per heavy atom. The van der Waals surface area contributed by atoms with E-state index in [0.29, 0.717) is 22.6 Å². The third-order valence-corrected chi connectivity index (χ3v) is 5.70. The maximum Gasteiger partial charge on any atom is 0.337 e. The van der Waals surface area contributed by atoms with Gasteiger partial charge in [0.1, 0.15) is 17.1 Å². The average molecular weight is 530 g/mol. The number of hydrogen-bond donors (Lipinski definition) is 2.